The van der Waals surface area contributed by atoms with Crippen molar-refractivity contribution in [1.29, 1.82) is 0 Å². The highest BCUT2D eigenvalue weighted by atomic mass is 19.1. The second-order valence-corrected chi connectivity index (χ2v) is 5.50. The van der Waals surface area contributed by atoms with Crippen molar-refractivity contribution in [2.24, 2.45) is 0 Å². The fourth-order valence-corrected chi connectivity index (χ4v) is 2.53. The normalized spacial score (nSPS) is 10.8. The molecule has 0 aliphatic heterocycles. The smallest absolute Gasteiger partial charge is 0.257 e. The Morgan fingerprint density at radius 2 is 2.12 bits per heavy atom. The Labute approximate surface area is 138 Å². The van der Waals surface area contributed by atoms with Crippen molar-refractivity contribution in [1.82, 2.24) is 24.9 Å². The highest BCUT2D eigenvalue weighted by Gasteiger charge is 2.21. The third-order valence-corrected chi connectivity index (χ3v) is 3.79. The number of benzene rings is 1. The summed E-state index contributed by atoms with van der Waals surface area (Å²) in [5.74, 6) is -0.631. The SMILES string of the molecule is CCn1cc(CN(C)C(=O)c2cn[nH]c2-c2ccccc2F)cn1. The molecule has 2 heterocycles. The molecule has 0 aliphatic carbocycles. The number of halogens is 1. The fourth-order valence-electron chi connectivity index (χ4n) is 2.53. The molecule has 0 bridgehead atoms. The number of aromatic nitrogens is 4. The summed E-state index contributed by atoms with van der Waals surface area (Å²) in [5.41, 5.74) is 1.98. The number of hydrogen-bond donors (Lipinski definition) is 1. The van der Waals surface area contributed by atoms with Crippen molar-refractivity contribution >= 4 is 5.91 Å². The zero-order valence-electron chi connectivity index (χ0n) is 13.5. The van der Waals surface area contributed by atoms with Crippen molar-refractivity contribution in [2.75, 3.05) is 7.05 Å². The number of carbonyl (C=O) groups is 1. The van der Waals surface area contributed by atoms with Crippen molar-refractivity contribution < 1.29 is 9.18 Å². The second-order valence-electron chi connectivity index (χ2n) is 5.50. The molecular formula is C17H18FN5O. The van der Waals surface area contributed by atoms with Gasteiger partial charge < -0.3 is 4.90 Å². The molecule has 2 aromatic heterocycles. The maximum Gasteiger partial charge on any atom is 0.257 e. The first kappa shape index (κ1) is 15.9. The third kappa shape index (κ3) is 3.05. The number of carbonyl (C=O) groups excluding carboxylic acids is 1. The number of amides is 1. The van der Waals surface area contributed by atoms with Gasteiger partial charge in [-0.2, -0.15) is 10.2 Å². The van der Waals surface area contributed by atoms with E-state index in [-0.39, 0.29) is 5.91 Å². The van der Waals surface area contributed by atoms with Gasteiger partial charge in [0.1, 0.15) is 5.82 Å². The highest BCUT2D eigenvalue weighted by Crippen LogP contribution is 2.25. The van der Waals surface area contributed by atoms with Crippen LogP contribution in [-0.2, 0) is 13.1 Å². The topological polar surface area (TPSA) is 66.8 Å². The van der Waals surface area contributed by atoms with Gasteiger partial charge in [-0.3, -0.25) is 14.6 Å². The molecule has 6 nitrogen and oxygen atoms in total. The van der Waals surface area contributed by atoms with Gasteiger partial charge in [-0.1, -0.05) is 12.1 Å². The van der Waals surface area contributed by atoms with E-state index in [0.717, 1.165) is 12.1 Å². The molecule has 0 spiro atoms. The lowest BCUT2D eigenvalue weighted by molar-refractivity contribution is 0.0786. The Morgan fingerprint density at radius 3 is 2.83 bits per heavy atom. The third-order valence-electron chi connectivity index (χ3n) is 3.79. The molecule has 124 valence electrons. The number of H-pyrrole nitrogens is 1. The molecule has 7 heteroatoms. The van der Waals surface area contributed by atoms with Crippen LogP contribution in [0, 0.1) is 5.82 Å². The molecule has 0 radical (unpaired) electrons. The van der Waals surface area contributed by atoms with E-state index in [1.807, 2.05) is 13.1 Å². The van der Waals surface area contributed by atoms with Crippen molar-refractivity contribution in [3.05, 3.63) is 59.8 Å². The summed E-state index contributed by atoms with van der Waals surface area (Å²) in [7, 11) is 1.70. The van der Waals surface area contributed by atoms with E-state index in [2.05, 4.69) is 15.3 Å². The molecule has 3 rings (SSSR count). The second kappa shape index (κ2) is 6.66. The number of nitrogens with one attached hydrogen (secondary N) is 1. The summed E-state index contributed by atoms with van der Waals surface area (Å²) in [6, 6.07) is 6.29. The molecule has 0 unspecified atom stereocenters. The van der Waals surface area contributed by atoms with Crippen LogP contribution in [0.15, 0.2) is 42.9 Å². The molecule has 0 aliphatic rings. The van der Waals surface area contributed by atoms with E-state index in [9.17, 15) is 9.18 Å². The zero-order valence-corrected chi connectivity index (χ0v) is 13.5. The van der Waals surface area contributed by atoms with Gasteiger partial charge in [0.25, 0.3) is 5.91 Å². The average molecular weight is 327 g/mol. The maximum atomic E-state index is 14.0. The van der Waals surface area contributed by atoms with Gasteiger partial charge in [-0.25, -0.2) is 4.39 Å². The Hall–Kier alpha value is -2.96. The van der Waals surface area contributed by atoms with E-state index in [1.54, 1.807) is 41.0 Å². The summed E-state index contributed by atoms with van der Waals surface area (Å²) in [6.07, 6.45) is 5.06. The minimum atomic E-state index is -0.400. The number of rotatable bonds is 5. The van der Waals surface area contributed by atoms with Crippen LogP contribution in [-0.4, -0.2) is 37.8 Å². The van der Waals surface area contributed by atoms with Crippen LogP contribution >= 0.6 is 0 Å². The predicted molar refractivity (Wildman–Crippen MR) is 87.7 cm³/mol. The van der Waals surface area contributed by atoms with Gasteiger partial charge in [0.15, 0.2) is 0 Å². The van der Waals surface area contributed by atoms with E-state index >= 15 is 0 Å². The van der Waals surface area contributed by atoms with Crippen molar-refractivity contribution in [2.45, 2.75) is 20.0 Å². The molecule has 3 aromatic rings. The largest absolute Gasteiger partial charge is 0.337 e. The molecule has 1 N–H and O–H groups in total. The van der Waals surface area contributed by atoms with Gasteiger partial charge in [0, 0.05) is 37.5 Å². The minimum absolute atomic E-state index is 0.230. The van der Waals surface area contributed by atoms with E-state index in [0.29, 0.717) is 23.4 Å². The standard InChI is InChI=1S/C17H18FN5O/c1-3-23-11-12(8-20-23)10-22(2)17(24)14-9-19-21-16(14)13-6-4-5-7-15(13)18/h4-9,11H,3,10H2,1-2H3,(H,19,21). The Kier molecular flexibility index (Phi) is 4.41. The number of aryl methyl sites for hydroxylation is 1. The summed E-state index contributed by atoms with van der Waals surface area (Å²) < 4.78 is 15.8. The van der Waals surface area contributed by atoms with Crippen molar-refractivity contribution in [3.8, 4) is 11.3 Å². The molecule has 0 saturated carbocycles. The number of nitrogens with zero attached hydrogens (tertiary/aromatic N) is 4. The predicted octanol–water partition coefficient (Wildman–Crippen LogP) is 2.70. The maximum absolute atomic E-state index is 14.0. The zero-order chi connectivity index (χ0) is 17.1. The number of aromatic amines is 1. The molecule has 24 heavy (non-hydrogen) atoms. The Morgan fingerprint density at radius 1 is 1.33 bits per heavy atom. The molecule has 0 fully saturated rings. The number of hydrogen-bond acceptors (Lipinski definition) is 3. The van der Waals surface area contributed by atoms with Gasteiger partial charge >= 0.3 is 0 Å². The Bertz CT molecular complexity index is 854. The van der Waals surface area contributed by atoms with Crippen LogP contribution in [0.3, 0.4) is 0 Å². The first-order chi connectivity index (χ1) is 11.6. The van der Waals surface area contributed by atoms with E-state index < -0.39 is 5.82 Å². The monoisotopic (exact) mass is 327 g/mol. The molecule has 0 atom stereocenters. The quantitative estimate of drug-likeness (QED) is 0.783. The fraction of sp³-hybridized carbons (Fsp3) is 0.235. The first-order valence-electron chi connectivity index (χ1n) is 7.65. The summed E-state index contributed by atoms with van der Waals surface area (Å²) in [6.45, 7) is 3.19. The van der Waals surface area contributed by atoms with Crippen LogP contribution < -0.4 is 0 Å². The van der Waals surface area contributed by atoms with Crippen LogP contribution in [0.5, 0.6) is 0 Å². The van der Waals surface area contributed by atoms with Crippen LogP contribution in [0.4, 0.5) is 4.39 Å². The molecule has 1 aromatic carbocycles. The average Bonchev–Trinajstić information content (AvgIpc) is 3.23. The highest BCUT2D eigenvalue weighted by molar-refractivity contribution is 5.99. The first-order valence-corrected chi connectivity index (χ1v) is 7.65. The lowest BCUT2D eigenvalue weighted by Gasteiger charge is -2.16. The van der Waals surface area contributed by atoms with E-state index in [1.165, 1.54) is 12.3 Å². The van der Waals surface area contributed by atoms with Gasteiger partial charge in [-0.15, -0.1) is 0 Å². The van der Waals surface area contributed by atoms with Gasteiger partial charge in [0.05, 0.1) is 23.7 Å². The minimum Gasteiger partial charge on any atom is -0.337 e. The lowest BCUT2D eigenvalue weighted by atomic mass is 10.1. The summed E-state index contributed by atoms with van der Waals surface area (Å²) >= 11 is 0. The lowest BCUT2D eigenvalue weighted by Crippen LogP contribution is -2.26. The summed E-state index contributed by atoms with van der Waals surface area (Å²) in [5, 5.41) is 10.8. The van der Waals surface area contributed by atoms with E-state index in [4.69, 9.17) is 0 Å². The molecular weight excluding hydrogens is 309 g/mol. The van der Waals surface area contributed by atoms with Crippen LogP contribution in [0.25, 0.3) is 11.3 Å². The van der Waals surface area contributed by atoms with Gasteiger partial charge in [-0.05, 0) is 19.1 Å². The summed E-state index contributed by atoms with van der Waals surface area (Å²) in [4.78, 5) is 14.3. The van der Waals surface area contributed by atoms with Gasteiger partial charge in [0.2, 0.25) is 0 Å². The molecule has 0 saturated heterocycles. The molecule has 1 amide bonds. The van der Waals surface area contributed by atoms with Crippen molar-refractivity contribution in [3.63, 3.8) is 0 Å². The Balaban J connectivity index is 1.83. The van der Waals surface area contributed by atoms with Crippen LogP contribution in [0.1, 0.15) is 22.8 Å². The van der Waals surface area contributed by atoms with Crippen LogP contribution in [0.2, 0.25) is 0 Å².